The first-order chi connectivity index (χ1) is 21.6. The molecule has 7 aromatic rings. The van der Waals surface area contributed by atoms with E-state index in [-0.39, 0.29) is 6.71 Å². The zero-order chi connectivity index (χ0) is 29.2. The lowest BCUT2D eigenvalue weighted by Gasteiger charge is -2.42. The molecule has 0 bridgehead atoms. The van der Waals surface area contributed by atoms with E-state index in [0.717, 1.165) is 12.8 Å². The summed E-state index contributed by atoms with van der Waals surface area (Å²) >= 11 is 4.00. The highest BCUT2D eigenvalue weighted by Gasteiger charge is 2.47. The van der Waals surface area contributed by atoms with Gasteiger partial charge in [0.2, 0.25) is 0 Å². The predicted molar refractivity (Wildman–Crippen MR) is 192 cm³/mol. The van der Waals surface area contributed by atoms with Gasteiger partial charge in [-0.25, -0.2) is 0 Å². The van der Waals surface area contributed by atoms with Crippen LogP contribution in [0.2, 0.25) is 0 Å². The molecule has 5 aromatic carbocycles. The minimum absolute atomic E-state index is 0.187. The molecule has 5 heteroatoms. The largest absolute Gasteiger partial charge is 0.310 e. The van der Waals surface area contributed by atoms with Gasteiger partial charge in [-0.3, -0.25) is 0 Å². The van der Waals surface area contributed by atoms with Gasteiger partial charge in [-0.15, -0.1) is 22.7 Å². The van der Waals surface area contributed by atoms with Gasteiger partial charge in [0, 0.05) is 52.5 Å². The highest BCUT2D eigenvalue weighted by atomic mass is 32.1. The van der Waals surface area contributed by atoms with E-state index in [1.807, 2.05) is 22.7 Å². The summed E-state index contributed by atoms with van der Waals surface area (Å²) in [6.45, 7) is 5.01. The number of fused-ring (bicyclic) bond motifs is 9. The van der Waals surface area contributed by atoms with Crippen molar-refractivity contribution in [3.8, 4) is 0 Å². The average molecular weight is 601 g/mol. The fourth-order valence-electron chi connectivity index (χ4n) is 8.10. The second-order valence-electron chi connectivity index (χ2n) is 13.2. The Kier molecular flexibility index (Phi) is 5.05. The lowest BCUT2D eigenvalue weighted by molar-refractivity contribution is 0.392. The fourth-order valence-corrected chi connectivity index (χ4v) is 10.8. The lowest BCUT2D eigenvalue weighted by atomic mass is 9.39. The molecular weight excluding hydrogens is 571 g/mol. The van der Waals surface area contributed by atoms with Crippen molar-refractivity contribution in [2.45, 2.75) is 26.7 Å². The van der Waals surface area contributed by atoms with Gasteiger partial charge in [0.1, 0.15) is 0 Å². The molecular formula is C39H29BN2S2. The molecule has 44 heavy (non-hydrogen) atoms. The van der Waals surface area contributed by atoms with E-state index in [1.54, 1.807) is 0 Å². The van der Waals surface area contributed by atoms with Gasteiger partial charge in [-0.2, -0.15) is 0 Å². The fraction of sp³-hybridized carbons (Fsp3) is 0.128. The Morgan fingerprint density at radius 1 is 0.568 bits per heavy atom. The summed E-state index contributed by atoms with van der Waals surface area (Å²) in [6.07, 6.45) is 2.30. The van der Waals surface area contributed by atoms with Crippen molar-refractivity contribution >= 4 is 98.7 Å². The van der Waals surface area contributed by atoms with Gasteiger partial charge in [-0.05, 0) is 89.4 Å². The predicted octanol–water partition coefficient (Wildman–Crippen LogP) is 9.32. The van der Waals surface area contributed by atoms with Crippen LogP contribution in [-0.4, -0.2) is 6.71 Å². The van der Waals surface area contributed by atoms with Crippen molar-refractivity contribution in [2.75, 3.05) is 9.80 Å². The van der Waals surface area contributed by atoms with Crippen LogP contribution in [0.1, 0.15) is 25.0 Å². The zero-order valence-corrected chi connectivity index (χ0v) is 26.3. The van der Waals surface area contributed by atoms with Crippen LogP contribution in [0.15, 0.2) is 115 Å². The highest BCUT2D eigenvalue weighted by molar-refractivity contribution is 7.40. The Balaban J connectivity index is 1.33. The van der Waals surface area contributed by atoms with E-state index in [9.17, 15) is 0 Å². The molecule has 0 spiro atoms. The molecule has 210 valence electrons. The van der Waals surface area contributed by atoms with Crippen molar-refractivity contribution in [3.05, 3.63) is 126 Å². The number of hydrogen-bond acceptors (Lipinski definition) is 4. The summed E-state index contributed by atoms with van der Waals surface area (Å²) < 4.78 is 5.67. The minimum Gasteiger partial charge on any atom is -0.310 e. The molecule has 2 aliphatic heterocycles. The third-order valence-corrected chi connectivity index (χ3v) is 12.2. The molecule has 0 saturated carbocycles. The Morgan fingerprint density at radius 3 is 1.77 bits per heavy atom. The van der Waals surface area contributed by atoms with Crippen LogP contribution in [0, 0.1) is 5.41 Å². The number of anilines is 6. The summed E-state index contributed by atoms with van der Waals surface area (Å²) in [6, 6.07) is 42.9. The third-order valence-electron chi connectivity index (χ3n) is 9.77. The Morgan fingerprint density at radius 2 is 1.11 bits per heavy atom. The first-order valence-electron chi connectivity index (χ1n) is 15.5. The van der Waals surface area contributed by atoms with Gasteiger partial charge in [0.15, 0.2) is 0 Å². The summed E-state index contributed by atoms with van der Waals surface area (Å²) in [4.78, 5) is 5.10. The maximum atomic E-state index is 2.57. The molecule has 0 amide bonds. The quantitative estimate of drug-likeness (QED) is 0.183. The molecule has 1 aliphatic carbocycles. The standard InChI is InChI=1S/C39H29BN2S2/c1-39(2)22-24-20-29-33(21-25(24)23-39)44-38-36(29)42(27-14-7-4-8-15-27)31-18-11-17-30-34(31)40(38)37-35(28-16-9-10-19-32(28)43-37)41(30)26-12-5-3-6-13-26/h3-21H,22-23H2,1-2H3. The smallest absolute Gasteiger partial charge is 0.277 e. The molecule has 0 unspecified atom stereocenters. The summed E-state index contributed by atoms with van der Waals surface area (Å²) in [7, 11) is 0. The topological polar surface area (TPSA) is 6.48 Å². The van der Waals surface area contributed by atoms with Crippen LogP contribution in [-0.2, 0) is 12.8 Å². The van der Waals surface area contributed by atoms with Crippen LogP contribution < -0.4 is 24.8 Å². The van der Waals surface area contributed by atoms with Crippen LogP contribution >= 0.6 is 22.7 Å². The number of rotatable bonds is 2. The summed E-state index contributed by atoms with van der Waals surface area (Å²) in [5.74, 6) is 0. The minimum atomic E-state index is 0.187. The first kappa shape index (κ1) is 25.1. The second kappa shape index (κ2) is 8.87. The normalized spacial score (nSPS) is 15.8. The van der Waals surface area contributed by atoms with E-state index in [2.05, 4.69) is 139 Å². The Bertz CT molecular complexity index is 2280. The van der Waals surface area contributed by atoms with Crippen LogP contribution in [0.5, 0.6) is 0 Å². The molecule has 2 nitrogen and oxygen atoms in total. The van der Waals surface area contributed by atoms with Gasteiger partial charge in [0.25, 0.3) is 6.71 Å². The number of hydrogen-bond donors (Lipinski definition) is 0. The van der Waals surface area contributed by atoms with Crippen LogP contribution in [0.25, 0.3) is 20.2 Å². The van der Waals surface area contributed by atoms with E-state index < -0.39 is 0 Å². The van der Waals surface area contributed by atoms with Gasteiger partial charge >= 0.3 is 0 Å². The third kappa shape index (κ3) is 3.37. The number of benzene rings is 5. The molecule has 3 aliphatic rings. The SMILES string of the molecule is CC1(C)Cc2cc3sc4c(c3cc2C1)N(c1ccccc1)c1cccc2c1B4c1sc3ccccc3c1N2c1ccccc1. The van der Waals surface area contributed by atoms with Crippen molar-refractivity contribution in [3.63, 3.8) is 0 Å². The number of thiophene rings is 2. The molecule has 0 radical (unpaired) electrons. The molecule has 0 atom stereocenters. The second-order valence-corrected chi connectivity index (χ2v) is 15.4. The van der Waals surface area contributed by atoms with Crippen LogP contribution in [0.4, 0.5) is 34.1 Å². The summed E-state index contributed by atoms with van der Waals surface area (Å²) in [5.41, 5.74) is 12.5. The van der Waals surface area contributed by atoms with Crippen molar-refractivity contribution in [1.82, 2.24) is 0 Å². The lowest BCUT2D eigenvalue weighted by Crippen LogP contribution is -2.59. The molecule has 10 rings (SSSR count). The molecule has 0 N–H and O–H groups in total. The van der Waals surface area contributed by atoms with Gasteiger partial charge < -0.3 is 9.80 Å². The average Bonchev–Trinajstić information content (AvgIpc) is 3.70. The van der Waals surface area contributed by atoms with E-state index in [0.29, 0.717) is 5.41 Å². The van der Waals surface area contributed by atoms with Crippen molar-refractivity contribution < 1.29 is 0 Å². The Labute approximate surface area is 265 Å². The maximum Gasteiger partial charge on any atom is 0.277 e. The first-order valence-corrected chi connectivity index (χ1v) is 17.1. The zero-order valence-electron chi connectivity index (χ0n) is 24.7. The van der Waals surface area contributed by atoms with E-state index >= 15 is 0 Å². The summed E-state index contributed by atoms with van der Waals surface area (Å²) in [5, 5.41) is 2.73. The molecule has 2 aromatic heterocycles. The monoisotopic (exact) mass is 600 g/mol. The van der Waals surface area contributed by atoms with Crippen LogP contribution in [0.3, 0.4) is 0 Å². The van der Waals surface area contributed by atoms with Crippen molar-refractivity contribution in [2.24, 2.45) is 5.41 Å². The Hall–Kier alpha value is -4.32. The van der Waals surface area contributed by atoms with Gasteiger partial charge in [0.05, 0.1) is 11.4 Å². The molecule has 4 heterocycles. The highest BCUT2D eigenvalue weighted by Crippen LogP contribution is 2.51. The molecule has 0 saturated heterocycles. The van der Waals surface area contributed by atoms with Crippen molar-refractivity contribution in [1.29, 1.82) is 0 Å². The number of nitrogens with zero attached hydrogens (tertiary/aromatic N) is 2. The van der Waals surface area contributed by atoms with E-state index in [1.165, 1.54) is 80.4 Å². The number of para-hydroxylation sites is 2. The van der Waals surface area contributed by atoms with Gasteiger partial charge in [-0.1, -0.05) is 74.5 Å². The molecule has 0 fully saturated rings. The maximum absolute atomic E-state index is 2.57. The van der Waals surface area contributed by atoms with E-state index in [4.69, 9.17) is 0 Å².